The summed E-state index contributed by atoms with van der Waals surface area (Å²) in [5.74, 6) is 6.06. The third-order valence-corrected chi connectivity index (χ3v) is 10.4. The van der Waals surface area contributed by atoms with E-state index in [-0.39, 0.29) is 30.6 Å². The van der Waals surface area contributed by atoms with Crippen molar-refractivity contribution in [2.45, 2.75) is 83.8 Å². The normalized spacial score (nSPS) is 21.8. The minimum atomic E-state index is -4.91. The van der Waals surface area contributed by atoms with Crippen LogP contribution in [0.3, 0.4) is 0 Å². The molecule has 0 unspecified atom stereocenters. The van der Waals surface area contributed by atoms with Crippen LogP contribution in [-0.4, -0.2) is 43.3 Å². The highest BCUT2D eigenvalue weighted by Crippen LogP contribution is 2.38. The number of alkyl halides is 3. The fourth-order valence-electron chi connectivity index (χ4n) is 3.00. The van der Waals surface area contributed by atoms with Gasteiger partial charge in [-0.25, -0.2) is 4.79 Å². The summed E-state index contributed by atoms with van der Waals surface area (Å²) < 4.78 is 58.4. The number of H-pyrrole nitrogens is 1. The van der Waals surface area contributed by atoms with E-state index in [1.807, 2.05) is 13.8 Å². The van der Waals surface area contributed by atoms with E-state index in [1.165, 1.54) is 0 Å². The van der Waals surface area contributed by atoms with Crippen LogP contribution < -0.4 is 11.2 Å². The fourth-order valence-corrected chi connectivity index (χ4v) is 4.01. The Hall–Kier alpha value is -1.87. The summed E-state index contributed by atoms with van der Waals surface area (Å²) in [6, 6.07) is 0. The van der Waals surface area contributed by atoms with Crippen LogP contribution in [0.15, 0.2) is 15.8 Å². The first kappa shape index (κ1) is 27.4. The molecule has 7 nitrogen and oxygen atoms in total. The molecular formula is C22H33F3N2O5Si. The van der Waals surface area contributed by atoms with Gasteiger partial charge < -0.3 is 13.9 Å². The molecular weight excluding hydrogens is 457 g/mol. The van der Waals surface area contributed by atoms with Crippen molar-refractivity contribution in [2.75, 3.05) is 13.2 Å². The van der Waals surface area contributed by atoms with E-state index in [0.29, 0.717) is 6.20 Å². The predicted octanol–water partition coefficient (Wildman–Crippen LogP) is 3.91. The molecule has 1 fully saturated rings. The van der Waals surface area contributed by atoms with Gasteiger partial charge in [-0.3, -0.25) is 14.3 Å². The maximum Gasteiger partial charge on any atom is 0.423 e. The van der Waals surface area contributed by atoms with Gasteiger partial charge in [-0.2, -0.15) is 13.2 Å². The molecule has 0 radical (unpaired) electrons. The molecule has 2 heterocycles. The van der Waals surface area contributed by atoms with Crippen molar-refractivity contribution in [1.29, 1.82) is 0 Å². The first-order chi connectivity index (χ1) is 15.0. The van der Waals surface area contributed by atoms with Gasteiger partial charge in [-0.15, -0.1) is 0 Å². The molecule has 33 heavy (non-hydrogen) atoms. The molecule has 11 heteroatoms. The first-order valence-corrected chi connectivity index (χ1v) is 13.8. The van der Waals surface area contributed by atoms with Gasteiger partial charge >= 0.3 is 11.9 Å². The van der Waals surface area contributed by atoms with Crippen molar-refractivity contribution in [2.24, 2.45) is 5.92 Å². The number of aromatic nitrogens is 2. The second-order valence-electron chi connectivity index (χ2n) is 9.97. The molecule has 1 aromatic rings. The third-order valence-electron chi connectivity index (χ3n) is 5.94. The van der Waals surface area contributed by atoms with Crippen molar-refractivity contribution in [3.8, 4) is 11.8 Å². The van der Waals surface area contributed by atoms with Crippen molar-refractivity contribution < 1.29 is 27.1 Å². The Kier molecular flexibility index (Phi) is 8.44. The molecule has 0 saturated carbocycles. The second kappa shape index (κ2) is 10.2. The Bertz CT molecular complexity index is 999. The molecule has 3 atom stereocenters. The topological polar surface area (TPSA) is 82.6 Å². The van der Waals surface area contributed by atoms with Gasteiger partial charge in [0.2, 0.25) is 0 Å². The number of ether oxygens (including phenoxy) is 2. The molecule has 1 aliphatic rings. The maximum atomic E-state index is 13.2. The number of nitrogens with zero attached hydrogens (tertiary/aromatic N) is 1. The van der Waals surface area contributed by atoms with Crippen molar-refractivity contribution in [1.82, 2.24) is 9.55 Å². The van der Waals surface area contributed by atoms with Crippen molar-refractivity contribution in [3.63, 3.8) is 0 Å². The summed E-state index contributed by atoms with van der Waals surface area (Å²) in [5.41, 5.74) is -3.94. The summed E-state index contributed by atoms with van der Waals surface area (Å²) >= 11 is 0. The van der Waals surface area contributed by atoms with Crippen LogP contribution in [0, 0.1) is 17.8 Å². The fraction of sp³-hybridized carbons (Fsp3) is 0.727. The molecule has 0 amide bonds. The minimum Gasteiger partial charge on any atom is -0.414 e. The molecule has 1 aromatic heterocycles. The quantitative estimate of drug-likeness (QED) is 0.483. The molecule has 2 rings (SSSR count). The molecule has 186 valence electrons. The second-order valence-corrected chi connectivity index (χ2v) is 14.8. The molecule has 0 spiro atoms. The number of hydrogen-bond acceptors (Lipinski definition) is 5. The third kappa shape index (κ3) is 7.05. The van der Waals surface area contributed by atoms with Gasteiger partial charge in [0, 0.05) is 18.5 Å². The lowest BCUT2D eigenvalue weighted by Gasteiger charge is -2.37. The number of aromatic amines is 1. The number of nitrogens with one attached hydrogen (secondary N) is 1. The minimum absolute atomic E-state index is 0.0540. The van der Waals surface area contributed by atoms with Gasteiger partial charge in [0.25, 0.3) is 5.56 Å². The molecule has 0 aromatic carbocycles. The van der Waals surface area contributed by atoms with Crippen molar-refractivity contribution in [3.05, 3.63) is 32.6 Å². The molecule has 0 aliphatic carbocycles. The monoisotopic (exact) mass is 490 g/mol. The predicted molar refractivity (Wildman–Crippen MR) is 120 cm³/mol. The van der Waals surface area contributed by atoms with Gasteiger partial charge in [-0.05, 0) is 18.1 Å². The summed E-state index contributed by atoms with van der Waals surface area (Å²) in [6.07, 6.45) is -6.51. The SMILES string of the molecule is CC(C)C#CCO[C@H]1C[C@H](n2cc(C(F)(F)F)c(=O)[nH]c2=O)O[C@@H]1CO[Si](C)(C)C(C)(C)C. The van der Waals surface area contributed by atoms with Crippen molar-refractivity contribution >= 4 is 8.32 Å². The van der Waals surface area contributed by atoms with Crippen LogP contribution in [0.2, 0.25) is 18.1 Å². The lowest BCUT2D eigenvalue weighted by Crippen LogP contribution is -2.44. The van der Waals surface area contributed by atoms with E-state index in [2.05, 4.69) is 45.7 Å². The Labute approximate surface area is 192 Å². The molecule has 1 saturated heterocycles. The van der Waals surface area contributed by atoms with Gasteiger partial charge in [-0.1, -0.05) is 46.5 Å². The van der Waals surface area contributed by atoms with Crippen LogP contribution >= 0.6 is 0 Å². The number of rotatable bonds is 6. The van der Waals surface area contributed by atoms with E-state index in [9.17, 15) is 22.8 Å². The highest BCUT2D eigenvalue weighted by atomic mass is 28.4. The Balaban J connectivity index is 2.29. The zero-order chi connectivity index (χ0) is 25.2. The lowest BCUT2D eigenvalue weighted by molar-refractivity contribution is -0.139. The van der Waals surface area contributed by atoms with E-state index in [1.54, 1.807) is 4.98 Å². The van der Waals surface area contributed by atoms with E-state index >= 15 is 0 Å². The Morgan fingerprint density at radius 3 is 2.45 bits per heavy atom. The molecule has 0 bridgehead atoms. The first-order valence-electron chi connectivity index (χ1n) is 10.8. The Morgan fingerprint density at radius 1 is 1.27 bits per heavy atom. The summed E-state index contributed by atoms with van der Waals surface area (Å²) in [4.78, 5) is 25.6. The van der Waals surface area contributed by atoms with Crippen LogP contribution in [-0.2, 0) is 20.1 Å². The van der Waals surface area contributed by atoms with E-state index < -0.39 is 49.7 Å². The lowest BCUT2D eigenvalue weighted by atomic mass is 10.2. The number of halogens is 3. The van der Waals surface area contributed by atoms with Crippen LogP contribution in [0.1, 0.15) is 52.8 Å². The average molecular weight is 491 g/mol. The van der Waals surface area contributed by atoms with Crippen LogP contribution in [0.4, 0.5) is 13.2 Å². The van der Waals surface area contributed by atoms with Gasteiger partial charge in [0.05, 0.1) is 12.7 Å². The van der Waals surface area contributed by atoms with E-state index in [0.717, 1.165) is 4.57 Å². The van der Waals surface area contributed by atoms with Gasteiger partial charge in [0.1, 0.15) is 24.5 Å². The van der Waals surface area contributed by atoms with Gasteiger partial charge in [0.15, 0.2) is 8.32 Å². The highest BCUT2D eigenvalue weighted by molar-refractivity contribution is 6.74. The maximum absolute atomic E-state index is 13.2. The zero-order valence-electron chi connectivity index (χ0n) is 20.1. The highest BCUT2D eigenvalue weighted by Gasteiger charge is 2.43. The molecule has 1 aliphatic heterocycles. The summed E-state index contributed by atoms with van der Waals surface area (Å²) in [6.45, 7) is 14.6. The Morgan fingerprint density at radius 2 is 1.91 bits per heavy atom. The standard InChI is InChI=1S/C22H33F3N2O5Si/c1-14(2)9-8-10-30-16-11-18(32-17(16)13-31-33(6,7)21(3,4)5)27-12-15(22(23,24)25)19(28)26-20(27)29/h12,14,16-18H,10-11,13H2,1-7H3,(H,26,28,29)/t16-,17+,18+/m0/s1. The molecule has 1 N–H and O–H groups in total. The van der Waals surface area contributed by atoms with Crippen LogP contribution in [0.25, 0.3) is 0 Å². The summed E-state index contributed by atoms with van der Waals surface area (Å²) in [5, 5.41) is -0.0540. The average Bonchev–Trinajstić information content (AvgIpc) is 3.04. The zero-order valence-corrected chi connectivity index (χ0v) is 21.1. The van der Waals surface area contributed by atoms with Crippen LogP contribution in [0.5, 0.6) is 0 Å². The smallest absolute Gasteiger partial charge is 0.414 e. The number of hydrogen-bond donors (Lipinski definition) is 1. The largest absolute Gasteiger partial charge is 0.423 e. The summed E-state index contributed by atoms with van der Waals surface area (Å²) in [7, 11) is -2.14. The van der Waals surface area contributed by atoms with E-state index in [4.69, 9.17) is 13.9 Å².